The van der Waals surface area contributed by atoms with Crippen LogP contribution in [-0.2, 0) is 6.42 Å². The molecule has 0 radical (unpaired) electrons. The number of hydrogen-bond acceptors (Lipinski definition) is 6. The Morgan fingerprint density at radius 1 is 1.26 bits per heavy atom. The van der Waals surface area contributed by atoms with E-state index in [-0.39, 0.29) is 5.91 Å². The molecule has 0 fully saturated rings. The topological polar surface area (TPSA) is 73.3 Å². The molecule has 23 heavy (non-hydrogen) atoms. The van der Waals surface area contributed by atoms with Crippen LogP contribution in [0.1, 0.15) is 42.1 Å². The van der Waals surface area contributed by atoms with Crippen LogP contribution in [0.2, 0.25) is 0 Å². The van der Waals surface area contributed by atoms with Crippen LogP contribution in [0.15, 0.2) is 18.2 Å². The lowest BCUT2D eigenvalue weighted by atomic mass is 10.2. The van der Waals surface area contributed by atoms with Crippen LogP contribution in [0.25, 0.3) is 0 Å². The summed E-state index contributed by atoms with van der Waals surface area (Å²) in [5.74, 6) is 0.934. The van der Waals surface area contributed by atoms with E-state index in [0.717, 1.165) is 24.3 Å². The SMILES string of the molecule is CCCCOc1ccc(C(=O)Nc2nnc(CC)s2)cc1OC. The van der Waals surface area contributed by atoms with Crippen LogP contribution < -0.4 is 14.8 Å². The molecule has 0 aliphatic rings. The van der Waals surface area contributed by atoms with E-state index in [4.69, 9.17) is 9.47 Å². The minimum absolute atomic E-state index is 0.248. The van der Waals surface area contributed by atoms with E-state index >= 15 is 0 Å². The fraction of sp³-hybridized carbons (Fsp3) is 0.438. The highest BCUT2D eigenvalue weighted by atomic mass is 32.1. The molecular weight excluding hydrogens is 314 g/mol. The Labute approximate surface area is 139 Å². The summed E-state index contributed by atoms with van der Waals surface area (Å²) in [4.78, 5) is 12.3. The number of ether oxygens (including phenoxy) is 2. The van der Waals surface area contributed by atoms with Crippen molar-refractivity contribution in [1.82, 2.24) is 10.2 Å². The largest absolute Gasteiger partial charge is 0.493 e. The predicted octanol–water partition coefficient (Wildman–Crippen LogP) is 3.54. The number of nitrogens with one attached hydrogen (secondary N) is 1. The van der Waals surface area contributed by atoms with Gasteiger partial charge >= 0.3 is 0 Å². The molecule has 1 N–H and O–H groups in total. The zero-order valence-corrected chi connectivity index (χ0v) is 14.4. The van der Waals surface area contributed by atoms with Crippen LogP contribution in [0, 0.1) is 0 Å². The molecule has 0 unspecified atom stereocenters. The first-order chi connectivity index (χ1) is 11.2. The Morgan fingerprint density at radius 3 is 2.74 bits per heavy atom. The standard InChI is InChI=1S/C16H21N3O3S/c1-4-6-9-22-12-8-7-11(10-13(12)21-3)15(20)17-16-19-18-14(5-2)23-16/h7-8,10H,4-6,9H2,1-3H3,(H,17,19,20). The van der Waals surface area contributed by atoms with Gasteiger partial charge in [-0.2, -0.15) is 0 Å². The minimum atomic E-state index is -0.248. The molecule has 0 atom stereocenters. The molecule has 2 aromatic rings. The molecule has 6 nitrogen and oxygen atoms in total. The lowest BCUT2D eigenvalue weighted by molar-refractivity contribution is 0.102. The number of carbonyl (C=O) groups is 1. The van der Waals surface area contributed by atoms with Crippen molar-refractivity contribution in [3.63, 3.8) is 0 Å². The van der Waals surface area contributed by atoms with Crippen LogP contribution in [0.5, 0.6) is 11.5 Å². The Morgan fingerprint density at radius 2 is 2.09 bits per heavy atom. The smallest absolute Gasteiger partial charge is 0.257 e. The van der Waals surface area contributed by atoms with Crippen LogP contribution in [0.4, 0.5) is 5.13 Å². The van der Waals surface area contributed by atoms with E-state index in [1.165, 1.54) is 11.3 Å². The highest BCUT2D eigenvalue weighted by Crippen LogP contribution is 2.28. The van der Waals surface area contributed by atoms with E-state index in [1.54, 1.807) is 25.3 Å². The first-order valence-corrected chi connectivity index (χ1v) is 8.44. The van der Waals surface area contributed by atoms with Gasteiger partial charge in [0.05, 0.1) is 13.7 Å². The van der Waals surface area contributed by atoms with Crippen molar-refractivity contribution < 1.29 is 14.3 Å². The molecule has 0 spiro atoms. The van der Waals surface area contributed by atoms with Crippen molar-refractivity contribution in [2.24, 2.45) is 0 Å². The van der Waals surface area contributed by atoms with Crippen molar-refractivity contribution in [2.45, 2.75) is 33.1 Å². The maximum atomic E-state index is 12.3. The molecule has 0 aliphatic heterocycles. The van der Waals surface area contributed by atoms with E-state index in [2.05, 4.69) is 22.4 Å². The Kier molecular flexibility index (Phi) is 6.34. The maximum absolute atomic E-state index is 12.3. The summed E-state index contributed by atoms with van der Waals surface area (Å²) in [5.41, 5.74) is 0.484. The van der Waals surface area contributed by atoms with Gasteiger partial charge in [-0.3, -0.25) is 10.1 Å². The molecule has 0 bridgehead atoms. The number of methoxy groups -OCH3 is 1. The fourth-order valence-electron chi connectivity index (χ4n) is 1.87. The van der Waals surface area contributed by atoms with E-state index < -0.39 is 0 Å². The van der Waals surface area contributed by atoms with E-state index in [9.17, 15) is 4.79 Å². The molecule has 7 heteroatoms. The number of carbonyl (C=O) groups excluding carboxylic acids is 1. The maximum Gasteiger partial charge on any atom is 0.257 e. The average Bonchev–Trinajstić information content (AvgIpc) is 3.02. The lowest BCUT2D eigenvalue weighted by Crippen LogP contribution is -2.12. The third-order valence-electron chi connectivity index (χ3n) is 3.17. The summed E-state index contributed by atoms with van der Waals surface area (Å²) < 4.78 is 11.0. The van der Waals surface area contributed by atoms with Gasteiger partial charge in [-0.15, -0.1) is 10.2 Å². The minimum Gasteiger partial charge on any atom is -0.493 e. The van der Waals surface area contributed by atoms with Crippen molar-refractivity contribution in [3.05, 3.63) is 28.8 Å². The second-order valence-electron chi connectivity index (χ2n) is 4.88. The second kappa shape index (κ2) is 8.47. The van der Waals surface area contributed by atoms with Crippen LogP contribution >= 0.6 is 11.3 Å². The summed E-state index contributed by atoms with van der Waals surface area (Å²) in [6.45, 7) is 4.72. The van der Waals surface area contributed by atoms with E-state index in [1.807, 2.05) is 6.92 Å². The van der Waals surface area contributed by atoms with Crippen molar-refractivity contribution in [2.75, 3.05) is 19.0 Å². The number of unbranched alkanes of at least 4 members (excludes halogenated alkanes) is 1. The van der Waals surface area contributed by atoms with Gasteiger partial charge in [0, 0.05) is 5.56 Å². The summed E-state index contributed by atoms with van der Waals surface area (Å²) >= 11 is 1.37. The first kappa shape index (κ1) is 17.2. The van der Waals surface area contributed by atoms with Gasteiger partial charge in [-0.05, 0) is 31.0 Å². The molecule has 1 heterocycles. The Bertz CT molecular complexity index is 658. The van der Waals surface area contributed by atoms with Gasteiger partial charge in [-0.1, -0.05) is 31.6 Å². The van der Waals surface area contributed by atoms with Gasteiger partial charge in [0.2, 0.25) is 5.13 Å². The summed E-state index contributed by atoms with van der Waals surface area (Å²) in [5, 5.41) is 12.1. The van der Waals surface area contributed by atoms with Gasteiger partial charge in [0.25, 0.3) is 5.91 Å². The fourth-order valence-corrected chi connectivity index (χ4v) is 2.55. The first-order valence-electron chi connectivity index (χ1n) is 7.62. The number of hydrogen-bond donors (Lipinski definition) is 1. The number of anilines is 1. The zero-order chi connectivity index (χ0) is 16.7. The summed E-state index contributed by atoms with van der Waals surface area (Å²) in [6.07, 6.45) is 2.83. The molecule has 124 valence electrons. The number of nitrogens with zero attached hydrogens (tertiary/aromatic N) is 2. The molecule has 2 rings (SSSR count). The summed E-state index contributed by atoms with van der Waals surface area (Å²) in [7, 11) is 1.56. The lowest BCUT2D eigenvalue weighted by Gasteiger charge is -2.11. The molecule has 1 aromatic carbocycles. The number of rotatable bonds is 8. The number of aromatic nitrogens is 2. The van der Waals surface area contributed by atoms with Crippen molar-refractivity contribution >= 4 is 22.4 Å². The highest BCUT2D eigenvalue weighted by molar-refractivity contribution is 7.15. The van der Waals surface area contributed by atoms with E-state index in [0.29, 0.717) is 28.8 Å². The van der Waals surface area contributed by atoms with Crippen LogP contribution in [-0.4, -0.2) is 29.8 Å². The number of benzene rings is 1. The van der Waals surface area contributed by atoms with Crippen LogP contribution in [0.3, 0.4) is 0 Å². The number of aryl methyl sites for hydroxylation is 1. The average molecular weight is 335 g/mol. The monoisotopic (exact) mass is 335 g/mol. The third-order valence-corrected chi connectivity index (χ3v) is 4.15. The van der Waals surface area contributed by atoms with Crippen molar-refractivity contribution in [3.8, 4) is 11.5 Å². The highest BCUT2D eigenvalue weighted by Gasteiger charge is 2.13. The molecule has 0 saturated carbocycles. The zero-order valence-electron chi connectivity index (χ0n) is 13.6. The van der Waals surface area contributed by atoms with Gasteiger partial charge in [0.15, 0.2) is 11.5 Å². The molecular formula is C16H21N3O3S. The Hall–Kier alpha value is -2.15. The summed E-state index contributed by atoms with van der Waals surface area (Å²) in [6, 6.07) is 5.13. The molecule has 0 saturated heterocycles. The third kappa shape index (κ3) is 4.66. The Balaban J connectivity index is 2.07. The predicted molar refractivity (Wildman–Crippen MR) is 90.6 cm³/mol. The van der Waals surface area contributed by atoms with Crippen molar-refractivity contribution in [1.29, 1.82) is 0 Å². The quantitative estimate of drug-likeness (QED) is 0.747. The molecule has 1 amide bonds. The number of amides is 1. The molecule has 1 aromatic heterocycles. The van der Waals surface area contributed by atoms with Gasteiger partial charge in [0.1, 0.15) is 5.01 Å². The molecule has 0 aliphatic carbocycles. The normalized spacial score (nSPS) is 10.4. The van der Waals surface area contributed by atoms with Gasteiger partial charge in [-0.25, -0.2) is 0 Å². The second-order valence-corrected chi connectivity index (χ2v) is 5.94. The van der Waals surface area contributed by atoms with Gasteiger partial charge < -0.3 is 9.47 Å².